The van der Waals surface area contributed by atoms with E-state index in [0.717, 1.165) is 12.8 Å². The normalized spacial score (nSPS) is 26.2. The fraction of sp³-hybridized carbons (Fsp3) is 1.00. The Morgan fingerprint density at radius 1 is 1.24 bits per heavy atom. The van der Waals surface area contributed by atoms with Crippen molar-refractivity contribution in [1.82, 2.24) is 4.72 Å². The van der Waals surface area contributed by atoms with Crippen molar-refractivity contribution in [1.29, 1.82) is 0 Å². The highest BCUT2D eigenvalue weighted by atomic mass is 32.2. The second kappa shape index (κ2) is 5.22. The number of sulfonamides is 1. The largest absolute Gasteiger partial charge is 0.389 e. The molecule has 1 aliphatic carbocycles. The predicted molar refractivity (Wildman–Crippen MR) is 64.2 cm³/mol. The molecule has 0 atom stereocenters. The van der Waals surface area contributed by atoms with Crippen LogP contribution in [-0.4, -0.2) is 44.1 Å². The van der Waals surface area contributed by atoms with E-state index in [9.17, 15) is 13.5 Å². The molecule has 2 aliphatic rings. The van der Waals surface area contributed by atoms with E-state index in [0.29, 0.717) is 38.9 Å². The van der Waals surface area contributed by atoms with Crippen molar-refractivity contribution >= 4 is 10.0 Å². The molecule has 0 aromatic carbocycles. The van der Waals surface area contributed by atoms with E-state index >= 15 is 0 Å². The zero-order valence-electron chi connectivity index (χ0n) is 10.0. The lowest BCUT2D eigenvalue weighted by Gasteiger charge is -2.26. The average Bonchev–Trinajstić information content (AvgIpc) is 2.76. The molecule has 100 valence electrons. The lowest BCUT2D eigenvalue weighted by molar-refractivity contribution is 0.0528. The lowest BCUT2D eigenvalue weighted by atomic mass is 10.0. The fourth-order valence-electron chi connectivity index (χ4n) is 2.55. The Bertz CT molecular complexity index is 342. The van der Waals surface area contributed by atoms with Gasteiger partial charge in [0.15, 0.2) is 0 Å². The summed E-state index contributed by atoms with van der Waals surface area (Å²) in [5.41, 5.74) is -0.821. The van der Waals surface area contributed by atoms with Crippen LogP contribution in [0.4, 0.5) is 0 Å². The van der Waals surface area contributed by atoms with Gasteiger partial charge in [-0.15, -0.1) is 0 Å². The number of rotatable bonds is 4. The number of aliphatic hydroxyl groups is 1. The lowest BCUT2D eigenvalue weighted by Crippen LogP contribution is -2.45. The molecule has 0 radical (unpaired) electrons. The molecule has 5 nitrogen and oxygen atoms in total. The highest BCUT2D eigenvalue weighted by Gasteiger charge is 2.34. The highest BCUT2D eigenvalue weighted by molar-refractivity contribution is 7.90. The van der Waals surface area contributed by atoms with E-state index < -0.39 is 15.6 Å². The van der Waals surface area contributed by atoms with Crippen LogP contribution in [0.25, 0.3) is 0 Å². The van der Waals surface area contributed by atoms with Crippen LogP contribution in [0.5, 0.6) is 0 Å². The Morgan fingerprint density at radius 3 is 2.41 bits per heavy atom. The molecule has 1 aliphatic heterocycles. The molecule has 17 heavy (non-hydrogen) atoms. The van der Waals surface area contributed by atoms with Crippen molar-refractivity contribution in [2.45, 2.75) is 49.4 Å². The molecule has 2 rings (SSSR count). The summed E-state index contributed by atoms with van der Waals surface area (Å²) >= 11 is 0. The SMILES string of the molecule is O=S(=O)(NCC1(O)CCCC1)C1CCOCC1. The number of hydrogen-bond donors (Lipinski definition) is 2. The van der Waals surface area contributed by atoms with Gasteiger partial charge in [0.2, 0.25) is 10.0 Å². The second-order valence-electron chi connectivity index (χ2n) is 5.11. The third kappa shape index (κ3) is 3.40. The first-order chi connectivity index (χ1) is 8.02. The van der Waals surface area contributed by atoms with E-state index in [4.69, 9.17) is 4.74 Å². The topological polar surface area (TPSA) is 75.6 Å². The summed E-state index contributed by atoms with van der Waals surface area (Å²) < 4.78 is 31.7. The van der Waals surface area contributed by atoms with Crippen LogP contribution in [0.15, 0.2) is 0 Å². The second-order valence-corrected chi connectivity index (χ2v) is 7.15. The summed E-state index contributed by atoms with van der Waals surface area (Å²) in [5, 5.41) is 9.74. The van der Waals surface area contributed by atoms with Crippen LogP contribution < -0.4 is 4.72 Å². The summed E-state index contributed by atoms with van der Waals surface area (Å²) in [6.07, 6.45) is 4.46. The molecule has 0 spiro atoms. The minimum atomic E-state index is -3.30. The van der Waals surface area contributed by atoms with E-state index in [-0.39, 0.29) is 11.8 Å². The highest BCUT2D eigenvalue weighted by Crippen LogP contribution is 2.29. The molecule has 2 N–H and O–H groups in total. The van der Waals surface area contributed by atoms with Crippen molar-refractivity contribution in [3.05, 3.63) is 0 Å². The predicted octanol–water partition coefficient (Wildman–Crippen LogP) is 0.390. The zero-order chi connectivity index (χ0) is 12.4. The minimum absolute atomic E-state index is 0.159. The monoisotopic (exact) mass is 263 g/mol. The van der Waals surface area contributed by atoms with Gasteiger partial charge in [0, 0.05) is 19.8 Å². The van der Waals surface area contributed by atoms with Crippen molar-refractivity contribution < 1.29 is 18.3 Å². The Balaban J connectivity index is 1.88. The Hall–Kier alpha value is -0.170. The van der Waals surface area contributed by atoms with E-state index in [1.165, 1.54) is 0 Å². The molecule has 1 heterocycles. The first kappa shape index (κ1) is 13.3. The maximum absolute atomic E-state index is 12.0. The molecule has 0 amide bonds. The molecule has 1 saturated heterocycles. The Morgan fingerprint density at radius 2 is 1.82 bits per heavy atom. The van der Waals surface area contributed by atoms with Crippen LogP contribution in [-0.2, 0) is 14.8 Å². The standard InChI is InChI=1S/C11H21NO4S/c13-11(5-1-2-6-11)9-12-17(14,15)10-3-7-16-8-4-10/h10,12-13H,1-9H2. The van der Waals surface area contributed by atoms with Crippen molar-refractivity contribution in [3.63, 3.8) is 0 Å². The van der Waals surface area contributed by atoms with Crippen LogP contribution in [0.1, 0.15) is 38.5 Å². The molecule has 0 unspecified atom stereocenters. The van der Waals surface area contributed by atoms with Crippen LogP contribution in [0.2, 0.25) is 0 Å². The molecule has 0 bridgehead atoms. The van der Waals surface area contributed by atoms with Gasteiger partial charge < -0.3 is 9.84 Å². The van der Waals surface area contributed by atoms with Gasteiger partial charge >= 0.3 is 0 Å². The zero-order valence-corrected chi connectivity index (χ0v) is 10.8. The summed E-state index contributed by atoms with van der Waals surface area (Å²) in [4.78, 5) is 0. The molecule has 0 aromatic heterocycles. The maximum Gasteiger partial charge on any atom is 0.214 e. The molecule has 6 heteroatoms. The van der Waals surface area contributed by atoms with Gasteiger partial charge in [0.05, 0.1) is 10.9 Å². The number of nitrogens with one attached hydrogen (secondary N) is 1. The van der Waals surface area contributed by atoms with Crippen molar-refractivity contribution in [3.8, 4) is 0 Å². The Kier molecular flexibility index (Phi) is 4.07. The van der Waals surface area contributed by atoms with E-state index in [2.05, 4.69) is 4.72 Å². The third-order valence-corrected chi connectivity index (χ3v) is 5.64. The smallest absolute Gasteiger partial charge is 0.214 e. The molecule has 1 saturated carbocycles. The van der Waals surface area contributed by atoms with Gasteiger partial charge in [0.1, 0.15) is 0 Å². The molecule has 0 aromatic rings. The number of ether oxygens (including phenoxy) is 1. The first-order valence-corrected chi connectivity index (χ1v) is 7.85. The van der Waals surface area contributed by atoms with Crippen LogP contribution >= 0.6 is 0 Å². The molecular formula is C11H21NO4S. The van der Waals surface area contributed by atoms with Gasteiger partial charge in [-0.1, -0.05) is 12.8 Å². The third-order valence-electron chi connectivity index (χ3n) is 3.74. The molecular weight excluding hydrogens is 242 g/mol. The molecule has 2 fully saturated rings. The average molecular weight is 263 g/mol. The van der Waals surface area contributed by atoms with E-state index in [1.807, 2.05) is 0 Å². The van der Waals surface area contributed by atoms with Gasteiger partial charge in [-0.2, -0.15) is 0 Å². The summed E-state index contributed by atoms with van der Waals surface area (Å²) in [6, 6.07) is 0. The van der Waals surface area contributed by atoms with Gasteiger partial charge in [-0.25, -0.2) is 13.1 Å². The van der Waals surface area contributed by atoms with Gasteiger partial charge in [-0.3, -0.25) is 0 Å². The summed E-state index contributed by atoms with van der Waals surface area (Å²) in [5.74, 6) is 0. The van der Waals surface area contributed by atoms with Crippen molar-refractivity contribution in [2.75, 3.05) is 19.8 Å². The van der Waals surface area contributed by atoms with Crippen LogP contribution in [0, 0.1) is 0 Å². The Labute approximate surface area is 103 Å². The van der Waals surface area contributed by atoms with Gasteiger partial charge in [-0.05, 0) is 25.7 Å². The first-order valence-electron chi connectivity index (χ1n) is 6.30. The summed E-state index contributed by atoms with van der Waals surface area (Å²) in [6.45, 7) is 1.18. The minimum Gasteiger partial charge on any atom is -0.389 e. The van der Waals surface area contributed by atoms with Gasteiger partial charge in [0.25, 0.3) is 0 Å². The summed E-state index contributed by atoms with van der Waals surface area (Å²) in [7, 11) is -3.30. The van der Waals surface area contributed by atoms with E-state index in [1.54, 1.807) is 0 Å². The van der Waals surface area contributed by atoms with Crippen molar-refractivity contribution in [2.24, 2.45) is 0 Å². The fourth-order valence-corrected chi connectivity index (χ4v) is 4.07. The van der Waals surface area contributed by atoms with Crippen LogP contribution in [0.3, 0.4) is 0 Å². The quantitative estimate of drug-likeness (QED) is 0.769. The number of hydrogen-bond acceptors (Lipinski definition) is 4. The maximum atomic E-state index is 12.0.